The van der Waals surface area contributed by atoms with Gasteiger partial charge in [-0.25, -0.2) is 19.8 Å². The second-order valence-corrected chi connectivity index (χ2v) is 6.33. The van der Waals surface area contributed by atoms with Crippen LogP contribution in [0.15, 0.2) is 54.0 Å². The molecular weight excluding hydrogens is 330 g/mol. The molecule has 3 aromatic rings. The van der Waals surface area contributed by atoms with Crippen LogP contribution in [0.2, 0.25) is 0 Å². The Kier molecular flexibility index (Phi) is 3.80. The molecule has 0 saturated heterocycles. The number of rotatable bonds is 3. The first-order valence-corrected chi connectivity index (χ1v) is 8.31. The highest BCUT2D eigenvalue weighted by molar-refractivity contribution is 6.06. The molecule has 0 aliphatic carbocycles. The van der Waals surface area contributed by atoms with Gasteiger partial charge in [-0.05, 0) is 18.2 Å². The van der Waals surface area contributed by atoms with Crippen LogP contribution in [-0.4, -0.2) is 32.4 Å². The van der Waals surface area contributed by atoms with Crippen molar-refractivity contribution in [2.24, 2.45) is 23.8 Å². The minimum absolute atomic E-state index is 0.0781. The summed E-state index contributed by atoms with van der Waals surface area (Å²) in [5.41, 5.74) is 9.57. The summed E-state index contributed by atoms with van der Waals surface area (Å²) >= 11 is 0. The Morgan fingerprint density at radius 1 is 1.23 bits per heavy atom. The topological polar surface area (TPSA) is 101 Å². The Balaban J connectivity index is 1.77. The third kappa shape index (κ3) is 2.65. The van der Waals surface area contributed by atoms with Crippen molar-refractivity contribution in [3.05, 3.63) is 54.5 Å². The molecule has 3 N–H and O–H groups in total. The number of amides is 2. The van der Waals surface area contributed by atoms with Crippen molar-refractivity contribution in [2.75, 3.05) is 5.01 Å². The SMILES string of the molecule is CC1C(c2cnc3c(c2)ncn3C)=NN(c2ccccc2)C1NC(N)=O. The van der Waals surface area contributed by atoms with E-state index in [0.29, 0.717) is 0 Å². The summed E-state index contributed by atoms with van der Waals surface area (Å²) in [7, 11) is 1.90. The number of benzene rings is 1. The molecule has 0 radical (unpaired) electrons. The molecule has 8 heteroatoms. The number of urea groups is 1. The number of primary amides is 1. The molecule has 26 heavy (non-hydrogen) atoms. The van der Waals surface area contributed by atoms with Crippen LogP contribution in [0.4, 0.5) is 10.5 Å². The Labute approximate surface area is 150 Å². The Morgan fingerprint density at radius 2 is 2.00 bits per heavy atom. The molecular formula is C18H19N7O. The zero-order chi connectivity index (χ0) is 18.3. The first-order valence-electron chi connectivity index (χ1n) is 8.31. The van der Waals surface area contributed by atoms with Crippen LogP contribution < -0.4 is 16.1 Å². The first kappa shape index (κ1) is 16.1. The van der Waals surface area contributed by atoms with Gasteiger partial charge < -0.3 is 15.6 Å². The predicted molar refractivity (Wildman–Crippen MR) is 99.6 cm³/mol. The maximum absolute atomic E-state index is 11.5. The van der Waals surface area contributed by atoms with E-state index in [2.05, 4.69) is 15.3 Å². The summed E-state index contributed by atoms with van der Waals surface area (Å²) in [6, 6.07) is 11.0. The maximum atomic E-state index is 11.5. The number of carbonyl (C=O) groups is 1. The zero-order valence-electron chi connectivity index (χ0n) is 14.5. The lowest BCUT2D eigenvalue weighted by Crippen LogP contribution is -2.49. The number of imidazole rings is 1. The lowest BCUT2D eigenvalue weighted by Gasteiger charge is -2.26. The number of pyridine rings is 1. The molecule has 0 fully saturated rings. The van der Waals surface area contributed by atoms with Crippen molar-refractivity contribution in [3.8, 4) is 0 Å². The normalized spacial score (nSPS) is 19.6. The molecule has 2 amide bonds. The van der Waals surface area contributed by atoms with Gasteiger partial charge in [-0.1, -0.05) is 25.1 Å². The summed E-state index contributed by atoms with van der Waals surface area (Å²) in [6.07, 6.45) is 3.15. The van der Waals surface area contributed by atoms with E-state index in [-0.39, 0.29) is 12.1 Å². The third-order valence-electron chi connectivity index (χ3n) is 4.54. The number of nitrogens with two attached hydrogens (primary N) is 1. The number of hydrazone groups is 1. The van der Waals surface area contributed by atoms with Crippen molar-refractivity contribution < 1.29 is 4.79 Å². The van der Waals surface area contributed by atoms with Crippen molar-refractivity contribution in [3.63, 3.8) is 0 Å². The van der Waals surface area contributed by atoms with Crippen LogP contribution in [0.5, 0.6) is 0 Å². The average molecular weight is 349 g/mol. The number of nitrogens with zero attached hydrogens (tertiary/aromatic N) is 5. The quantitative estimate of drug-likeness (QED) is 0.753. The smallest absolute Gasteiger partial charge is 0.313 e. The van der Waals surface area contributed by atoms with E-state index in [1.54, 1.807) is 17.5 Å². The molecule has 1 aliphatic heterocycles. The largest absolute Gasteiger partial charge is 0.352 e. The maximum Gasteiger partial charge on any atom is 0.313 e. The Hall–Kier alpha value is -3.42. The van der Waals surface area contributed by atoms with Crippen LogP contribution in [-0.2, 0) is 7.05 Å². The number of nitrogens with one attached hydrogen (secondary N) is 1. The summed E-state index contributed by atoms with van der Waals surface area (Å²) in [4.78, 5) is 20.4. The summed E-state index contributed by atoms with van der Waals surface area (Å²) < 4.78 is 1.87. The van der Waals surface area contributed by atoms with Crippen molar-refractivity contribution >= 4 is 28.6 Å². The highest BCUT2D eigenvalue weighted by Gasteiger charge is 2.36. The molecule has 3 heterocycles. The first-order chi connectivity index (χ1) is 12.5. The molecule has 2 unspecified atom stereocenters. The van der Waals surface area contributed by atoms with E-state index in [0.717, 1.165) is 28.1 Å². The number of carbonyl (C=O) groups excluding carboxylic acids is 1. The Morgan fingerprint density at radius 3 is 2.73 bits per heavy atom. The minimum atomic E-state index is -0.586. The van der Waals surface area contributed by atoms with Gasteiger partial charge in [0, 0.05) is 24.7 Å². The molecule has 2 aromatic heterocycles. The monoisotopic (exact) mass is 349 g/mol. The minimum Gasteiger partial charge on any atom is -0.352 e. The Bertz CT molecular complexity index is 995. The molecule has 4 rings (SSSR count). The number of aromatic nitrogens is 3. The van der Waals surface area contributed by atoms with Gasteiger partial charge in [0.1, 0.15) is 11.7 Å². The molecule has 1 aromatic carbocycles. The third-order valence-corrected chi connectivity index (χ3v) is 4.54. The fourth-order valence-electron chi connectivity index (χ4n) is 3.24. The van der Waals surface area contributed by atoms with E-state index < -0.39 is 6.03 Å². The van der Waals surface area contributed by atoms with Crippen molar-refractivity contribution in [1.82, 2.24) is 19.9 Å². The standard InChI is InChI=1S/C18H19N7O/c1-11-15(12-8-14-17(20-9-12)24(2)10-21-14)23-25(16(11)22-18(19)26)13-6-4-3-5-7-13/h3-11,16H,1-2H3,(H3,19,22,26). The van der Waals surface area contributed by atoms with Crippen molar-refractivity contribution in [2.45, 2.75) is 13.1 Å². The highest BCUT2D eigenvalue weighted by Crippen LogP contribution is 2.29. The number of anilines is 1. The number of para-hydroxylation sites is 1. The van der Waals surface area contributed by atoms with Gasteiger partial charge in [0.05, 0.1) is 17.7 Å². The summed E-state index contributed by atoms with van der Waals surface area (Å²) in [5.74, 6) is -0.0781. The van der Waals surface area contributed by atoms with Crippen LogP contribution in [0, 0.1) is 5.92 Å². The van der Waals surface area contributed by atoms with Gasteiger partial charge in [-0.2, -0.15) is 5.10 Å². The summed E-state index contributed by atoms with van der Waals surface area (Å²) in [6.45, 7) is 2.00. The van der Waals surface area contributed by atoms with Crippen LogP contribution in [0.25, 0.3) is 11.2 Å². The number of aryl methyl sites for hydroxylation is 1. The van der Waals surface area contributed by atoms with Gasteiger partial charge in [-0.15, -0.1) is 0 Å². The van der Waals surface area contributed by atoms with Gasteiger partial charge in [0.2, 0.25) is 0 Å². The second-order valence-electron chi connectivity index (χ2n) is 6.33. The lowest BCUT2D eigenvalue weighted by atomic mass is 9.97. The molecule has 2 atom stereocenters. The van der Waals surface area contributed by atoms with E-state index in [9.17, 15) is 4.79 Å². The molecule has 132 valence electrons. The second kappa shape index (κ2) is 6.14. The van der Waals surface area contributed by atoms with E-state index in [4.69, 9.17) is 10.8 Å². The summed E-state index contributed by atoms with van der Waals surface area (Å²) in [5, 5.41) is 9.34. The lowest BCUT2D eigenvalue weighted by molar-refractivity contribution is 0.243. The number of fused-ring (bicyclic) bond motifs is 1. The molecule has 0 saturated carbocycles. The van der Waals surface area contributed by atoms with Crippen LogP contribution >= 0.6 is 0 Å². The number of hydrogen-bond acceptors (Lipinski definition) is 5. The van der Waals surface area contributed by atoms with Crippen LogP contribution in [0.3, 0.4) is 0 Å². The average Bonchev–Trinajstić information content (AvgIpc) is 3.16. The van der Waals surface area contributed by atoms with E-state index in [1.807, 2.05) is 54.9 Å². The fourth-order valence-corrected chi connectivity index (χ4v) is 3.24. The van der Waals surface area contributed by atoms with Crippen molar-refractivity contribution in [1.29, 1.82) is 0 Å². The number of hydrogen-bond donors (Lipinski definition) is 2. The molecule has 1 aliphatic rings. The zero-order valence-corrected chi connectivity index (χ0v) is 14.5. The van der Waals surface area contributed by atoms with Gasteiger partial charge in [0.25, 0.3) is 0 Å². The fraction of sp³-hybridized carbons (Fsp3) is 0.222. The van der Waals surface area contributed by atoms with E-state index >= 15 is 0 Å². The van der Waals surface area contributed by atoms with Crippen LogP contribution in [0.1, 0.15) is 12.5 Å². The molecule has 0 spiro atoms. The van der Waals surface area contributed by atoms with Gasteiger partial charge in [-0.3, -0.25) is 0 Å². The highest BCUT2D eigenvalue weighted by atomic mass is 16.2. The van der Waals surface area contributed by atoms with E-state index in [1.165, 1.54) is 0 Å². The predicted octanol–water partition coefficient (Wildman–Crippen LogP) is 1.82. The molecule has 8 nitrogen and oxygen atoms in total. The van der Waals surface area contributed by atoms with Gasteiger partial charge in [0.15, 0.2) is 5.65 Å². The molecule has 0 bridgehead atoms. The van der Waals surface area contributed by atoms with Gasteiger partial charge >= 0.3 is 6.03 Å².